The van der Waals surface area contributed by atoms with E-state index in [-0.39, 0.29) is 11.9 Å². The fourth-order valence-electron chi connectivity index (χ4n) is 1.49. The van der Waals surface area contributed by atoms with E-state index in [1.807, 2.05) is 13.8 Å². The van der Waals surface area contributed by atoms with E-state index in [1.54, 1.807) is 0 Å². The van der Waals surface area contributed by atoms with E-state index in [4.69, 9.17) is 9.84 Å². The summed E-state index contributed by atoms with van der Waals surface area (Å²) in [4.78, 5) is 10.9. The number of hydrogen-bond donors (Lipinski definition) is 1. The Labute approximate surface area is 93.9 Å². The van der Waals surface area contributed by atoms with Crippen molar-refractivity contribution in [2.75, 3.05) is 0 Å². The van der Waals surface area contributed by atoms with Gasteiger partial charge in [-0.1, -0.05) is 19.4 Å². The maximum absolute atomic E-state index is 13.3. The zero-order valence-corrected chi connectivity index (χ0v) is 9.37. The number of carboxylic acids is 1. The van der Waals surface area contributed by atoms with Crippen LogP contribution in [-0.4, -0.2) is 17.2 Å². The van der Waals surface area contributed by atoms with Crippen LogP contribution in [0.1, 0.15) is 37.0 Å². The molecule has 3 nitrogen and oxygen atoms in total. The van der Waals surface area contributed by atoms with Crippen molar-refractivity contribution in [3.05, 3.63) is 29.6 Å². The number of carboxylic acid groups (broad SMARTS) is 1. The molecule has 0 aromatic heterocycles. The topological polar surface area (TPSA) is 46.5 Å². The molecule has 0 amide bonds. The monoisotopic (exact) mass is 226 g/mol. The molecule has 0 radical (unpaired) electrons. The highest BCUT2D eigenvalue weighted by atomic mass is 19.1. The maximum Gasteiger partial charge on any atom is 0.342 e. The van der Waals surface area contributed by atoms with E-state index in [1.165, 1.54) is 12.1 Å². The Morgan fingerprint density at radius 2 is 2.25 bits per heavy atom. The van der Waals surface area contributed by atoms with Crippen LogP contribution in [0.3, 0.4) is 0 Å². The smallest absolute Gasteiger partial charge is 0.342 e. The Bertz CT molecular complexity index is 377. The third-order valence-corrected chi connectivity index (χ3v) is 2.21. The van der Waals surface area contributed by atoms with Crippen molar-refractivity contribution in [1.82, 2.24) is 0 Å². The van der Waals surface area contributed by atoms with Gasteiger partial charge in [-0.2, -0.15) is 0 Å². The molecule has 1 atom stereocenters. The molecule has 1 rings (SSSR count). The molecule has 0 bridgehead atoms. The third kappa shape index (κ3) is 2.95. The quantitative estimate of drug-likeness (QED) is 0.839. The molecule has 88 valence electrons. The lowest BCUT2D eigenvalue weighted by Crippen LogP contribution is -2.14. The summed E-state index contributed by atoms with van der Waals surface area (Å²) < 4.78 is 18.7. The maximum atomic E-state index is 13.3. The minimum absolute atomic E-state index is 0.0912. The minimum Gasteiger partial charge on any atom is -0.490 e. The van der Waals surface area contributed by atoms with Crippen LogP contribution in [0.5, 0.6) is 5.75 Å². The Kier molecular flexibility index (Phi) is 4.28. The van der Waals surface area contributed by atoms with E-state index >= 15 is 0 Å². The van der Waals surface area contributed by atoms with Crippen LogP contribution in [0, 0.1) is 5.82 Å². The zero-order valence-electron chi connectivity index (χ0n) is 9.37. The lowest BCUT2D eigenvalue weighted by molar-refractivity contribution is 0.0684. The van der Waals surface area contributed by atoms with Crippen LogP contribution >= 0.6 is 0 Å². The number of carbonyl (C=O) groups is 1. The zero-order chi connectivity index (χ0) is 12.1. The van der Waals surface area contributed by atoms with Crippen LogP contribution in [-0.2, 0) is 0 Å². The lowest BCUT2D eigenvalue weighted by Gasteiger charge is -2.15. The Morgan fingerprint density at radius 1 is 1.56 bits per heavy atom. The fourth-order valence-corrected chi connectivity index (χ4v) is 1.49. The highest BCUT2D eigenvalue weighted by molar-refractivity contribution is 5.91. The number of aromatic carboxylic acids is 1. The molecule has 1 aromatic carbocycles. The van der Waals surface area contributed by atoms with Gasteiger partial charge >= 0.3 is 5.97 Å². The van der Waals surface area contributed by atoms with E-state index < -0.39 is 17.3 Å². The van der Waals surface area contributed by atoms with Crippen molar-refractivity contribution in [1.29, 1.82) is 0 Å². The molecule has 0 aliphatic rings. The molecule has 0 aliphatic heterocycles. The summed E-state index contributed by atoms with van der Waals surface area (Å²) >= 11 is 0. The van der Waals surface area contributed by atoms with Crippen LogP contribution in [0.25, 0.3) is 0 Å². The molecule has 0 spiro atoms. The standard InChI is InChI=1S/C12H15FO3/c1-3-5-8(2)16-10-7-4-6-9(13)11(10)12(14)15/h4,6-8H,3,5H2,1-2H3,(H,14,15). The Morgan fingerprint density at radius 3 is 2.81 bits per heavy atom. The van der Waals surface area contributed by atoms with Gasteiger partial charge in [0.15, 0.2) is 0 Å². The first-order valence-corrected chi connectivity index (χ1v) is 5.24. The second-order valence-corrected chi connectivity index (χ2v) is 3.64. The van der Waals surface area contributed by atoms with Gasteiger partial charge in [0.1, 0.15) is 17.1 Å². The Hall–Kier alpha value is -1.58. The lowest BCUT2D eigenvalue weighted by atomic mass is 10.1. The van der Waals surface area contributed by atoms with Crippen molar-refractivity contribution in [3.8, 4) is 5.75 Å². The molecule has 1 unspecified atom stereocenters. The molecule has 0 fully saturated rings. The van der Waals surface area contributed by atoms with Crippen molar-refractivity contribution in [2.45, 2.75) is 32.8 Å². The van der Waals surface area contributed by atoms with Crippen molar-refractivity contribution in [3.63, 3.8) is 0 Å². The summed E-state index contributed by atoms with van der Waals surface area (Å²) in [5.74, 6) is -1.99. The molecule has 16 heavy (non-hydrogen) atoms. The summed E-state index contributed by atoms with van der Waals surface area (Å²) in [7, 11) is 0. The number of ether oxygens (including phenoxy) is 1. The van der Waals surface area contributed by atoms with Gasteiger partial charge in [-0.05, 0) is 25.5 Å². The van der Waals surface area contributed by atoms with Gasteiger partial charge in [0.25, 0.3) is 0 Å². The summed E-state index contributed by atoms with van der Waals surface area (Å²) in [6.07, 6.45) is 1.61. The number of hydrogen-bond acceptors (Lipinski definition) is 2. The second kappa shape index (κ2) is 5.49. The molecule has 0 heterocycles. The first-order chi connectivity index (χ1) is 7.56. The third-order valence-electron chi connectivity index (χ3n) is 2.21. The van der Waals surface area contributed by atoms with Crippen molar-refractivity contribution in [2.24, 2.45) is 0 Å². The SMILES string of the molecule is CCCC(C)Oc1cccc(F)c1C(=O)O. The van der Waals surface area contributed by atoms with Crippen molar-refractivity contribution < 1.29 is 19.0 Å². The Balaban J connectivity index is 2.95. The highest BCUT2D eigenvalue weighted by Gasteiger charge is 2.18. The number of rotatable bonds is 5. The first-order valence-electron chi connectivity index (χ1n) is 5.24. The van der Waals surface area contributed by atoms with Gasteiger partial charge in [0.05, 0.1) is 6.10 Å². The van der Waals surface area contributed by atoms with Gasteiger partial charge in [0.2, 0.25) is 0 Å². The second-order valence-electron chi connectivity index (χ2n) is 3.64. The molecule has 1 N–H and O–H groups in total. The molecule has 0 aliphatic carbocycles. The molecule has 4 heteroatoms. The summed E-state index contributed by atoms with van der Waals surface area (Å²) in [6.45, 7) is 3.84. The normalized spacial score (nSPS) is 12.2. The van der Waals surface area contributed by atoms with Gasteiger partial charge in [-0.15, -0.1) is 0 Å². The largest absolute Gasteiger partial charge is 0.490 e. The molecule has 0 saturated carbocycles. The summed E-state index contributed by atoms with van der Waals surface area (Å²) in [5.41, 5.74) is -0.398. The number of benzene rings is 1. The summed E-state index contributed by atoms with van der Waals surface area (Å²) in [6, 6.07) is 4.02. The van der Waals surface area contributed by atoms with Crippen molar-refractivity contribution >= 4 is 5.97 Å². The van der Waals surface area contributed by atoms with Gasteiger partial charge < -0.3 is 9.84 Å². The number of halogens is 1. The fraction of sp³-hybridized carbons (Fsp3) is 0.417. The van der Waals surface area contributed by atoms with Gasteiger partial charge in [0, 0.05) is 0 Å². The minimum atomic E-state index is -1.31. The molecule has 0 saturated heterocycles. The van der Waals surface area contributed by atoms with Gasteiger partial charge in [-0.3, -0.25) is 0 Å². The van der Waals surface area contributed by atoms with Crippen LogP contribution in [0.4, 0.5) is 4.39 Å². The summed E-state index contributed by atoms with van der Waals surface area (Å²) in [5, 5.41) is 8.87. The van der Waals surface area contributed by atoms with Crippen LogP contribution in [0.15, 0.2) is 18.2 Å². The molecular weight excluding hydrogens is 211 g/mol. The van der Waals surface area contributed by atoms with Gasteiger partial charge in [-0.25, -0.2) is 9.18 Å². The van der Waals surface area contributed by atoms with E-state index in [0.29, 0.717) is 0 Å². The van der Waals surface area contributed by atoms with E-state index in [9.17, 15) is 9.18 Å². The molecule has 1 aromatic rings. The highest BCUT2D eigenvalue weighted by Crippen LogP contribution is 2.23. The van der Waals surface area contributed by atoms with Crippen LogP contribution < -0.4 is 4.74 Å². The molecular formula is C12H15FO3. The average Bonchev–Trinajstić information content (AvgIpc) is 2.17. The predicted molar refractivity (Wildman–Crippen MR) is 58.4 cm³/mol. The average molecular weight is 226 g/mol. The predicted octanol–water partition coefficient (Wildman–Crippen LogP) is 3.09. The van der Waals surface area contributed by atoms with Crippen LogP contribution in [0.2, 0.25) is 0 Å². The van der Waals surface area contributed by atoms with E-state index in [2.05, 4.69) is 0 Å². The first kappa shape index (κ1) is 12.5. The van der Waals surface area contributed by atoms with E-state index in [0.717, 1.165) is 18.9 Å².